The average molecular weight is 244 g/mol. The number of hydrogen-bond donors (Lipinski definition) is 2. The second-order valence-electron chi connectivity index (χ2n) is 3.89. The average Bonchev–Trinajstić information content (AvgIpc) is 2.76. The summed E-state index contributed by atoms with van der Waals surface area (Å²) in [5, 5.41) is 16.0. The van der Waals surface area contributed by atoms with E-state index >= 15 is 0 Å². The summed E-state index contributed by atoms with van der Waals surface area (Å²) in [4.78, 5) is 15.1. The molecule has 92 valence electrons. The zero-order valence-corrected chi connectivity index (χ0v) is 9.79. The Morgan fingerprint density at radius 1 is 1.67 bits per heavy atom. The van der Waals surface area contributed by atoms with Gasteiger partial charge < -0.3 is 10.4 Å². The Kier molecular flexibility index (Phi) is 3.15. The molecular weight excluding hydrogens is 232 g/mol. The number of anilines is 1. The predicted molar refractivity (Wildman–Crippen MR) is 66.2 cm³/mol. The molecule has 0 saturated carbocycles. The molecule has 0 aliphatic rings. The van der Waals surface area contributed by atoms with Crippen LogP contribution in [0.5, 0.6) is 0 Å². The lowest BCUT2D eigenvalue weighted by Gasteiger charge is -2.14. The summed E-state index contributed by atoms with van der Waals surface area (Å²) in [5.41, 5.74) is 1.62. The minimum absolute atomic E-state index is 0.0967. The van der Waals surface area contributed by atoms with E-state index in [1.54, 1.807) is 10.6 Å². The number of aromatic nitrogens is 3. The number of aryl methyl sites for hydroxylation is 1. The van der Waals surface area contributed by atoms with E-state index < -0.39 is 12.0 Å². The summed E-state index contributed by atoms with van der Waals surface area (Å²) in [7, 11) is 0. The number of carboxylic acids is 1. The molecule has 0 bridgehead atoms. The van der Waals surface area contributed by atoms with Crippen molar-refractivity contribution < 1.29 is 9.90 Å². The van der Waals surface area contributed by atoms with E-state index in [9.17, 15) is 4.79 Å². The molecule has 2 aromatic heterocycles. The van der Waals surface area contributed by atoms with Crippen molar-refractivity contribution in [1.29, 1.82) is 0 Å². The second-order valence-corrected chi connectivity index (χ2v) is 3.89. The number of carboxylic acid groups (broad SMARTS) is 1. The van der Waals surface area contributed by atoms with Crippen molar-refractivity contribution in [2.75, 3.05) is 5.32 Å². The first-order valence-electron chi connectivity index (χ1n) is 5.35. The third-order valence-electron chi connectivity index (χ3n) is 2.47. The van der Waals surface area contributed by atoms with Gasteiger partial charge in [-0.1, -0.05) is 0 Å². The Hall–Kier alpha value is -2.55. The lowest BCUT2D eigenvalue weighted by Crippen LogP contribution is -2.29. The molecule has 6 heteroatoms. The van der Waals surface area contributed by atoms with Gasteiger partial charge in [0.2, 0.25) is 0 Å². The standard InChI is InChI=1S/C12H12N4O2/c1-3-4-9(12(17)18)15-11-6-8(2)5-10-13-7-14-16(10)11/h1,5-7,9,15H,4H2,2H3,(H,17,18). The molecule has 0 amide bonds. The van der Waals surface area contributed by atoms with Crippen LogP contribution >= 0.6 is 0 Å². The minimum atomic E-state index is -0.997. The Morgan fingerprint density at radius 2 is 2.44 bits per heavy atom. The van der Waals surface area contributed by atoms with Crippen molar-refractivity contribution in [2.24, 2.45) is 0 Å². The number of hydrogen-bond acceptors (Lipinski definition) is 4. The Bertz CT molecular complexity index is 627. The maximum Gasteiger partial charge on any atom is 0.327 e. The SMILES string of the molecule is C#CCC(Nc1cc(C)cc2ncnn12)C(=O)O. The Morgan fingerprint density at radius 3 is 3.11 bits per heavy atom. The Balaban J connectivity index is 2.38. The van der Waals surface area contributed by atoms with Crippen molar-refractivity contribution in [3.8, 4) is 12.3 Å². The zero-order valence-electron chi connectivity index (χ0n) is 9.79. The summed E-state index contributed by atoms with van der Waals surface area (Å²) in [6.45, 7) is 1.90. The van der Waals surface area contributed by atoms with E-state index in [0.717, 1.165) is 5.56 Å². The molecule has 2 rings (SSSR count). The highest BCUT2D eigenvalue weighted by Gasteiger charge is 2.17. The van der Waals surface area contributed by atoms with E-state index in [-0.39, 0.29) is 6.42 Å². The predicted octanol–water partition coefficient (Wildman–Crippen LogP) is 0.926. The van der Waals surface area contributed by atoms with Crippen molar-refractivity contribution in [3.63, 3.8) is 0 Å². The number of rotatable bonds is 4. The third-order valence-corrected chi connectivity index (χ3v) is 2.47. The van der Waals surface area contributed by atoms with Crippen LogP contribution in [0.4, 0.5) is 5.82 Å². The molecule has 0 saturated heterocycles. The molecule has 2 aromatic rings. The highest BCUT2D eigenvalue weighted by molar-refractivity contribution is 5.77. The van der Waals surface area contributed by atoms with Crippen molar-refractivity contribution in [3.05, 3.63) is 24.0 Å². The summed E-state index contributed by atoms with van der Waals surface area (Å²) < 4.78 is 1.54. The maximum absolute atomic E-state index is 11.0. The van der Waals surface area contributed by atoms with E-state index in [4.69, 9.17) is 11.5 Å². The van der Waals surface area contributed by atoms with E-state index in [1.807, 2.05) is 13.0 Å². The fraction of sp³-hybridized carbons (Fsp3) is 0.250. The Labute approximate surface area is 104 Å². The summed E-state index contributed by atoms with van der Waals surface area (Å²) in [5.74, 6) is 1.90. The molecule has 1 atom stereocenters. The van der Waals surface area contributed by atoms with Crippen LogP contribution in [0.2, 0.25) is 0 Å². The van der Waals surface area contributed by atoms with Crippen molar-refractivity contribution in [2.45, 2.75) is 19.4 Å². The smallest absolute Gasteiger partial charge is 0.327 e. The summed E-state index contributed by atoms with van der Waals surface area (Å²) in [6.07, 6.45) is 6.67. The molecular formula is C12H12N4O2. The van der Waals surface area contributed by atoms with Gasteiger partial charge in [0.25, 0.3) is 0 Å². The number of carbonyl (C=O) groups is 1. The first-order chi connectivity index (χ1) is 8.61. The summed E-state index contributed by atoms with van der Waals surface area (Å²) >= 11 is 0. The zero-order chi connectivity index (χ0) is 13.1. The van der Waals surface area contributed by atoms with Crippen molar-refractivity contribution in [1.82, 2.24) is 14.6 Å². The normalized spacial score (nSPS) is 12.0. The van der Waals surface area contributed by atoms with Gasteiger partial charge in [0.15, 0.2) is 5.65 Å². The van der Waals surface area contributed by atoms with E-state index in [2.05, 4.69) is 21.3 Å². The van der Waals surface area contributed by atoms with Crippen LogP contribution in [-0.2, 0) is 4.79 Å². The van der Waals surface area contributed by atoms with Gasteiger partial charge >= 0.3 is 5.97 Å². The van der Waals surface area contributed by atoms with Gasteiger partial charge in [-0.25, -0.2) is 9.78 Å². The molecule has 2 heterocycles. The molecule has 0 fully saturated rings. The molecule has 0 aliphatic heterocycles. The topological polar surface area (TPSA) is 79.5 Å². The second kappa shape index (κ2) is 4.75. The quantitative estimate of drug-likeness (QED) is 0.782. The van der Waals surface area contributed by atoms with Crippen LogP contribution in [0.15, 0.2) is 18.5 Å². The molecule has 2 N–H and O–H groups in total. The minimum Gasteiger partial charge on any atom is -0.480 e. The molecule has 0 aliphatic carbocycles. The maximum atomic E-state index is 11.0. The molecule has 6 nitrogen and oxygen atoms in total. The molecule has 1 unspecified atom stereocenters. The first kappa shape index (κ1) is 11.9. The summed E-state index contributed by atoms with van der Waals surface area (Å²) in [6, 6.07) is 2.81. The number of fused-ring (bicyclic) bond motifs is 1. The third kappa shape index (κ3) is 2.25. The van der Waals surface area contributed by atoms with Crippen LogP contribution in [0.25, 0.3) is 5.65 Å². The van der Waals surface area contributed by atoms with Crippen LogP contribution < -0.4 is 5.32 Å². The highest BCUT2D eigenvalue weighted by Crippen LogP contribution is 2.14. The number of aliphatic carboxylic acids is 1. The fourth-order valence-corrected chi connectivity index (χ4v) is 1.66. The monoisotopic (exact) mass is 244 g/mol. The highest BCUT2D eigenvalue weighted by atomic mass is 16.4. The van der Waals surface area contributed by atoms with Gasteiger partial charge in [-0.3, -0.25) is 0 Å². The lowest BCUT2D eigenvalue weighted by atomic mass is 10.2. The number of terminal acetylenes is 1. The van der Waals surface area contributed by atoms with Gasteiger partial charge in [-0.05, 0) is 24.6 Å². The molecule has 0 aromatic carbocycles. The van der Waals surface area contributed by atoms with Gasteiger partial charge in [-0.2, -0.15) is 9.61 Å². The van der Waals surface area contributed by atoms with E-state index in [1.165, 1.54) is 6.33 Å². The van der Waals surface area contributed by atoms with Crippen LogP contribution in [0.1, 0.15) is 12.0 Å². The lowest BCUT2D eigenvalue weighted by molar-refractivity contribution is -0.137. The molecule has 0 spiro atoms. The molecule has 18 heavy (non-hydrogen) atoms. The van der Waals surface area contributed by atoms with Crippen molar-refractivity contribution >= 4 is 17.4 Å². The van der Waals surface area contributed by atoms with E-state index in [0.29, 0.717) is 11.5 Å². The van der Waals surface area contributed by atoms with Crippen LogP contribution in [0.3, 0.4) is 0 Å². The van der Waals surface area contributed by atoms with Gasteiger partial charge in [0.05, 0.1) is 0 Å². The van der Waals surface area contributed by atoms with Crippen LogP contribution in [-0.4, -0.2) is 31.7 Å². The van der Waals surface area contributed by atoms with Gasteiger partial charge in [0.1, 0.15) is 18.2 Å². The number of nitrogens with one attached hydrogen (secondary N) is 1. The first-order valence-corrected chi connectivity index (χ1v) is 5.35. The van der Waals surface area contributed by atoms with Gasteiger partial charge in [0, 0.05) is 6.42 Å². The van der Waals surface area contributed by atoms with Crippen LogP contribution in [0, 0.1) is 19.3 Å². The number of pyridine rings is 1. The largest absolute Gasteiger partial charge is 0.480 e. The number of nitrogens with zero attached hydrogens (tertiary/aromatic N) is 3. The van der Waals surface area contributed by atoms with Gasteiger partial charge in [-0.15, -0.1) is 12.3 Å². The fourth-order valence-electron chi connectivity index (χ4n) is 1.66. The molecule has 0 radical (unpaired) electrons.